The van der Waals surface area contributed by atoms with E-state index in [-0.39, 0.29) is 17.9 Å². The largest absolute Gasteiger partial charge is 0.345 e. The van der Waals surface area contributed by atoms with Crippen LogP contribution in [0.25, 0.3) is 0 Å². The second-order valence-corrected chi connectivity index (χ2v) is 6.51. The zero-order valence-corrected chi connectivity index (χ0v) is 15.6. The molecule has 0 saturated carbocycles. The third-order valence-corrected chi connectivity index (χ3v) is 4.35. The van der Waals surface area contributed by atoms with Gasteiger partial charge >= 0.3 is 0 Å². The highest BCUT2D eigenvalue weighted by molar-refractivity contribution is 6.03. The second-order valence-electron chi connectivity index (χ2n) is 6.51. The second kappa shape index (κ2) is 10.4. The summed E-state index contributed by atoms with van der Waals surface area (Å²) in [5, 5.41) is 5.88. The molecule has 0 spiro atoms. The Balaban J connectivity index is 1.99. The molecule has 2 aromatic rings. The van der Waals surface area contributed by atoms with Crippen LogP contribution < -0.4 is 10.6 Å². The fraction of sp³-hybridized carbons (Fsp3) is 0.364. The lowest BCUT2D eigenvalue weighted by atomic mass is 10.1. The molecule has 0 aromatic heterocycles. The van der Waals surface area contributed by atoms with Crippen LogP contribution in [0.5, 0.6) is 0 Å². The molecular formula is C22H28N2O2. The average molecular weight is 352 g/mol. The number of hydrogen-bond donors (Lipinski definition) is 2. The van der Waals surface area contributed by atoms with E-state index in [2.05, 4.69) is 17.6 Å². The molecule has 2 amide bonds. The molecule has 0 aliphatic rings. The van der Waals surface area contributed by atoms with Gasteiger partial charge < -0.3 is 10.6 Å². The number of hydrogen-bond acceptors (Lipinski definition) is 2. The molecule has 2 aromatic carbocycles. The van der Waals surface area contributed by atoms with Crippen molar-refractivity contribution in [2.75, 3.05) is 5.32 Å². The molecule has 0 heterocycles. The highest BCUT2D eigenvalue weighted by atomic mass is 16.2. The summed E-state index contributed by atoms with van der Waals surface area (Å²) in [6, 6.07) is 16.8. The summed E-state index contributed by atoms with van der Waals surface area (Å²) in [5.41, 5.74) is 2.08. The molecule has 2 rings (SSSR count). The highest BCUT2D eigenvalue weighted by Crippen LogP contribution is 2.18. The molecule has 2 N–H and O–H groups in total. The van der Waals surface area contributed by atoms with Crippen molar-refractivity contribution in [3.8, 4) is 0 Å². The van der Waals surface area contributed by atoms with Gasteiger partial charge in [-0.15, -0.1) is 0 Å². The van der Waals surface area contributed by atoms with Crippen molar-refractivity contribution in [3.63, 3.8) is 0 Å². The highest BCUT2D eigenvalue weighted by Gasteiger charge is 2.15. The number of anilines is 1. The Kier molecular flexibility index (Phi) is 7.87. The fourth-order valence-corrected chi connectivity index (χ4v) is 2.81. The first kappa shape index (κ1) is 19.7. The van der Waals surface area contributed by atoms with Gasteiger partial charge in [-0.3, -0.25) is 9.59 Å². The molecule has 4 nitrogen and oxygen atoms in total. The monoisotopic (exact) mass is 352 g/mol. The van der Waals surface area contributed by atoms with Crippen LogP contribution >= 0.6 is 0 Å². The van der Waals surface area contributed by atoms with Crippen molar-refractivity contribution in [2.24, 2.45) is 0 Å². The van der Waals surface area contributed by atoms with Gasteiger partial charge in [-0.1, -0.05) is 68.7 Å². The zero-order chi connectivity index (χ0) is 18.8. The van der Waals surface area contributed by atoms with E-state index in [9.17, 15) is 9.59 Å². The molecular weight excluding hydrogens is 324 g/mol. The molecule has 0 aliphatic heterocycles. The molecule has 1 unspecified atom stereocenters. The zero-order valence-electron chi connectivity index (χ0n) is 15.6. The summed E-state index contributed by atoms with van der Waals surface area (Å²) in [6.45, 7) is 4.09. The van der Waals surface area contributed by atoms with Gasteiger partial charge in [0.15, 0.2) is 0 Å². The number of carbonyl (C=O) groups is 2. The average Bonchev–Trinajstić information content (AvgIpc) is 2.66. The van der Waals surface area contributed by atoms with E-state index in [1.165, 1.54) is 0 Å². The van der Waals surface area contributed by atoms with E-state index in [0.717, 1.165) is 31.2 Å². The summed E-state index contributed by atoms with van der Waals surface area (Å²) >= 11 is 0. The number of amides is 2. The number of benzene rings is 2. The maximum Gasteiger partial charge on any atom is 0.253 e. The molecule has 0 fully saturated rings. The minimum Gasteiger partial charge on any atom is -0.345 e. The van der Waals surface area contributed by atoms with Crippen LogP contribution in [0, 0.1) is 0 Å². The first-order chi connectivity index (χ1) is 12.6. The van der Waals surface area contributed by atoms with Crippen LogP contribution in [0.1, 0.15) is 67.9 Å². The Morgan fingerprint density at radius 2 is 1.62 bits per heavy atom. The maximum atomic E-state index is 12.7. The lowest BCUT2D eigenvalue weighted by molar-refractivity contribution is -0.116. The molecule has 26 heavy (non-hydrogen) atoms. The van der Waals surface area contributed by atoms with Crippen LogP contribution in [-0.2, 0) is 4.79 Å². The Labute approximate surface area is 156 Å². The number of unbranched alkanes of at least 4 members (excludes halogenated alkanes) is 3. The van der Waals surface area contributed by atoms with Crippen LogP contribution in [0.3, 0.4) is 0 Å². The Morgan fingerprint density at radius 3 is 2.35 bits per heavy atom. The number of carbonyl (C=O) groups excluding carboxylic acids is 2. The van der Waals surface area contributed by atoms with Crippen molar-refractivity contribution in [1.82, 2.24) is 5.32 Å². The molecule has 1 atom stereocenters. The minimum atomic E-state index is -0.191. The van der Waals surface area contributed by atoms with Gasteiger partial charge in [0.05, 0.1) is 17.3 Å². The Bertz CT molecular complexity index is 713. The summed E-state index contributed by atoms with van der Waals surface area (Å²) in [5.74, 6) is -0.235. The standard InChI is InChI=1S/C22H28N2O2/c1-3-4-5-9-16-21(25)24-20-15-11-10-14-19(20)22(26)23-17(2)18-12-7-6-8-13-18/h6-8,10-15,17H,3-5,9,16H2,1-2H3,(H,23,26)(H,24,25). The van der Waals surface area contributed by atoms with E-state index in [0.29, 0.717) is 17.7 Å². The first-order valence-corrected chi connectivity index (χ1v) is 9.36. The van der Waals surface area contributed by atoms with Gasteiger partial charge in [0.25, 0.3) is 5.91 Å². The van der Waals surface area contributed by atoms with Crippen LogP contribution in [0.15, 0.2) is 54.6 Å². The summed E-state index contributed by atoms with van der Waals surface area (Å²) in [7, 11) is 0. The third kappa shape index (κ3) is 6.03. The molecule has 0 saturated heterocycles. The molecule has 4 heteroatoms. The van der Waals surface area contributed by atoms with Crippen molar-refractivity contribution in [2.45, 2.75) is 52.0 Å². The normalized spacial score (nSPS) is 11.6. The van der Waals surface area contributed by atoms with Gasteiger partial charge in [0.1, 0.15) is 0 Å². The quantitative estimate of drug-likeness (QED) is 0.618. The lowest BCUT2D eigenvalue weighted by Gasteiger charge is -2.16. The number of nitrogens with one attached hydrogen (secondary N) is 2. The van der Waals surface area contributed by atoms with Crippen molar-refractivity contribution < 1.29 is 9.59 Å². The fourth-order valence-electron chi connectivity index (χ4n) is 2.81. The van der Waals surface area contributed by atoms with Crippen LogP contribution in [-0.4, -0.2) is 11.8 Å². The van der Waals surface area contributed by atoms with E-state index in [1.807, 2.05) is 43.3 Å². The molecule has 0 radical (unpaired) electrons. The minimum absolute atomic E-state index is 0.0440. The summed E-state index contributed by atoms with van der Waals surface area (Å²) in [6.07, 6.45) is 4.70. The third-order valence-electron chi connectivity index (χ3n) is 4.35. The molecule has 0 aliphatic carbocycles. The Morgan fingerprint density at radius 1 is 0.923 bits per heavy atom. The molecule has 138 valence electrons. The van der Waals surface area contributed by atoms with Crippen molar-refractivity contribution >= 4 is 17.5 Å². The number of para-hydroxylation sites is 1. The smallest absolute Gasteiger partial charge is 0.253 e. The van der Waals surface area contributed by atoms with Gasteiger partial charge in [0.2, 0.25) is 5.91 Å². The van der Waals surface area contributed by atoms with Crippen LogP contribution in [0.4, 0.5) is 5.69 Å². The number of rotatable bonds is 9. The van der Waals surface area contributed by atoms with E-state index in [4.69, 9.17) is 0 Å². The van der Waals surface area contributed by atoms with E-state index >= 15 is 0 Å². The maximum absolute atomic E-state index is 12.7. The Hall–Kier alpha value is -2.62. The van der Waals surface area contributed by atoms with E-state index < -0.39 is 0 Å². The topological polar surface area (TPSA) is 58.2 Å². The van der Waals surface area contributed by atoms with Crippen molar-refractivity contribution in [1.29, 1.82) is 0 Å². The van der Waals surface area contributed by atoms with Gasteiger partial charge in [-0.05, 0) is 31.0 Å². The predicted molar refractivity (Wildman–Crippen MR) is 106 cm³/mol. The lowest BCUT2D eigenvalue weighted by Crippen LogP contribution is -2.28. The predicted octanol–water partition coefficient (Wildman–Crippen LogP) is 5.09. The van der Waals surface area contributed by atoms with Crippen LogP contribution in [0.2, 0.25) is 0 Å². The van der Waals surface area contributed by atoms with Crippen molar-refractivity contribution in [3.05, 3.63) is 65.7 Å². The first-order valence-electron chi connectivity index (χ1n) is 9.36. The van der Waals surface area contributed by atoms with E-state index in [1.54, 1.807) is 18.2 Å². The van der Waals surface area contributed by atoms with Gasteiger partial charge in [0, 0.05) is 6.42 Å². The van der Waals surface area contributed by atoms with Gasteiger partial charge in [-0.25, -0.2) is 0 Å². The van der Waals surface area contributed by atoms with Gasteiger partial charge in [-0.2, -0.15) is 0 Å². The molecule has 0 bridgehead atoms. The SMILES string of the molecule is CCCCCCC(=O)Nc1ccccc1C(=O)NC(C)c1ccccc1. The summed E-state index contributed by atoms with van der Waals surface area (Å²) in [4.78, 5) is 24.8. The summed E-state index contributed by atoms with van der Waals surface area (Å²) < 4.78 is 0.